The summed E-state index contributed by atoms with van der Waals surface area (Å²) in [4.78, 5) is 18.2. The molecular formula is C23H29ClN4O. The third kappa shape index (κ3) is 4.46. The van der Waals surface area contributed by atoms with E-state index < -0.39 is 0 Å². The molecule has 1 saturated heterocycles. The van der Waals surface area contributed by atoms with Crippen molar-refractivity contribution in [1.29, 1.82) is 0 Å². The normalized spacial score (nSPS) is 16.0. The summed E-state index contributed by atoms with van der Waals surface area (Å²) in [5, 5.41) is 6.97. The zero-order valence-corrected chi connectivity index (χ0v) is 17.9. The Labute approximate surface area is 178 Å². The van der Waals surface area contributed by atoms with Gasteiger partial charge < -0.3 is 10.6 Å². The van der Waals surface area contributed by atoms with Crippen LogP contribution < -0.4 is 16.2 Å². The molecule has 29 heavy (non-hydrogen) atoms. The van der Waals surface area contributed by atoms with Crippen LogP contribution in [0, 0.1) is 6.92 Å². The molecule has 4 rings (SSSR count). The van der Waals surface area contributed by atoms with E-state index in [1.54, 1.807) is 10.6 Å². The van der Waals surface area contributed by atoms with Crippen LogP contribution in [0.2, 0.25) is 0 Å². The smallest absolute Gasteiger partial charge is 0.266 e. The molecule has 1 aliphatic rings. The third-order valence-electron chi connectivity index (χ3n) is 5.50. The van der Waals surface area contributed by atoms with Gasteiger partial charge >= 0.3 is 0 Å². The fourth-order valence-electron chi connectivity index (χ4n) is 3.98. The molecule has 0 radical (unpaired) electrons. The van der Waals surface area contributed by atoms with Crippen molar-refractivity contribution in [2.75, 3.05) is 18.4 Å². The van der Waals surface area contributed by atoms with Crippen molar-refractivity contribution in [3.8, 4) is 11.1 Å². The largest absolute Gasteiger partial charge is 0.381 e. The number of unbranched alkanes of at least 4 members (excludes halogenated alkanes) is 1. The zero-order valence-electron chi connectivity index (χ0n) is 17.1. The molecule has 0 bridgehead atoms. The fraction of sp³-hybridized carbons (Fsp3) is 0.391. The van der Waals surface area contributed by atoms with Gasteiger partial charge in [0.1, 0.15) is 5.65 Å². The summed E-state index contributed by atoms with van der Waals surface area (Å²) in [5.74, 6) is 0. The van der Waals surface area contributed by atoms with Crippen molar-refractivity contribution in [3.05, 3.63) is 64.2 Å². The molecule has 0 aliphatic carbocycles. The van der Waals surface area contributed by atoms with E-state index in [2.05, 4.69) is 42.7 Å². The topological polar surface area (TPSA) is 58.4 Å². The first-order valence-electron chi connectivity index (χ1n) is 10.3. The average Bonchev–Trinajstić information content (AvgIpc) is 3.20. The maximum Gasteiger partial charge on any atom is 0.266 e. The number of anilines is 1. The van der Waals surface area contributed by atoms with E-state index in [0.29, 0.717) is 11.7 Å². The number of halogens is 1. The predicted octanol–water partition coefficient (Wildman–Crippen LogP) is 4.21. The first-order chi connectivity index (χ1) is 13.7. The van der Waals surface area contributed by atoms with Crippen LogP contribution in [0.1, 0.15) is 37.4 Å². The second kappa shape index (κ2) is 9.42. The Kier molecular flexibility index (Phi) is 6.93. The van der Waals surface area contributed by atoms with E-state index in [9.17, 15) is 4.79 Å². The molecule has 6 heteroatoms. The lowest BCUT2D eigenvalue weighted by atomic mass is 9.97. The quantitative estimate of drug-likeness (QED) is 0.636. The minimum Gasteiger partial charge on any atom is -0.381 e. The van der Waals surface area contributed by atoms with Crippen LogP contribution in [-0.4, -0.2) is 28.5 Å². The molecule has 0 saturated carbocycles. The number of rotatable bonds is 6. The Hall–Kier alpha value is -2.37. The van der Waals surface area contributed by atoms with Gasteiger partial charge in [-0.2, -0.15) is 0 Å². The zero-order chi connectivity index (χ0) is 19.5. The minimum absolute atomic E-state index is 0. The summed E-state index contributed by atoms with van der Waals surface area (Å²) >= 11 is 0. The maximum absolute atomic E-state index is 13.3. The molecule has 1 fully saturated rings. The highest BCUT2D eigenvalue weighted by molar-refractivity contribution is 5.85. The molecule has 1 aromatic carbocycles. The predicted molar refractivity (Wildman–Crippen MR) is 122 cm³/mol. The Morgan fingerprint density at radius 2 is 2.14 bits per heavy atom. The number of hydrogen-bond acceptors (Lipinski definition) is 4. The highest BCUT2D eigenvalue weighted by Crippen LogP contribution is 2.27. The summed E-state index contributed by atoms with van der Waals surface area (Å²) in [6, 6.07) is 12.5. The van der Waals surface area contributed by atoms with Crippen LogP contribution in [0.5, 0.6) is 0 Å². The lowest BCUT2D eigenvalue weighted by Crippen LogP contribution is -2.22. The summed E-state index contributed by atoms with van der Waals surface area (Å²) in [6.07, 6.45) is 5.86. The third-order valence-corrected chi connectivity index (χ3v) is 5.50. The number of aryl methyl sites for hydroxylation is 2. The molecule has 0 spiro atoms. The van der Waals surface area contributed by atoms with Crippen LogP contribution in [0.15, 0.2) is 47.4 Å². The second-order valence-electron chi connectivity index (χ2n) is 7.63. The van der Waals surface area contributed by atoms with E-state index in [-0.39, 0.29) is 18.0 Å². The average molecular weight is 413 g/mol. The molecular weight excluding hydrogens is 384 g/mol. The van der Waals surface area contributed by atoms with Gasteiger partial charge in [-0.3, -0.25) is 9.20 Å². The number of nitrogens with zero attached hydrogens (tertiary/aromatic N) is 2. The number of hydrogen-bond donors (Lipinski definition) is 2. The lowest BCUT2D eigenvalue weighted by Gasteiger charge is -2.16. The SMILES string of the molecule is CCCCc1nc2ccccn2c(=O)c1-c1ccc(NC2CCNC2)cc1C.Cl. The Morgan fingerprint density at radius 3 is 2.86 bits per heavy atom. The van der Waals surface area contributed by atoms with Crippen molar-refractivity contribution in [1.82, 2.24) is 14.7 Å². The molecule has 2 aromatic heterocycles. The monoisotopic (exact) mass is 412 g/mol. The first-order valence-corrected chi connectivity index (χ1v) is 10.3. The van der Waals surface area contributed by atoms with Crippen LogP contribution in [0.25, 0.3) is 16.8 Å². The molecule has 1 atom stereocenters. The van der Waals surface area contributed by atoms with Gasteiger partial charge in [0.05, 0.1) is 11.3 Å². The number of pyridine rings is 1. The summed E-state index contributed by atoms with van der Waals surface area (Å²) in [7, 11) is 0. The summed E-state index contributed by atoms with van der Waals surface area (Å²) < 4.78 is 1.65. The van der Waals surface area contributed by atoms with Crippen molar-refractivity contribution >= 4 is 23.7 Å². The van der Waals surface area contributed by atoms with Gasteiger partial charge in [-0.1, -0.05) is 25.5 Å². The molecule has 2 N–H and O–H groups in total. The van der Waals surface area contributed by atoms with Crippen molar-refractivity contribution in [3.63, 3.8) is 0 Å². The molecule has 3 heterocycles. The number of benzene rings is 1. The van der Waals surface area contributed by atoms with Crippen LogP contribution >= 0.6 is 12.4 Å². The molecule has 1 unspecified atom stereocenters. The van der Waals surface area contributed by atoms with E-state index in [0.717, 1.165) is 66.8 Å². The van der Waals surface area contributed by atoms with E-state index in [1.807, 2.05) is 18.2 Å². The Bertz CT molecular complexity index is 1040. The van der Waals surface area contributed by atoms with Gasteiger partial charge in [-0.25, -0.2) is 4.98 Å². The van der Waals surface area contributed by atoms with Gasteiger partial charge in [-0.05, 0) is 68.1 Å². The number of nitrogens with one attached hydrogen (secondary N) is 2. The van der Waals surface area contributed by atoms with Gasteiger partial charge in [0.15, 0.2) is 0 Å². The molecule has 154 valence electrons. The highest BCUT2D eigenvalue weighted by Gasteiger charge is 2.18. The summed E-state index contributed by atoms with van der Waals surface area (Å²) in [5.41, 5.74) is 5.57. The fourth-order valence-corrected chi connectivity index (χ4v) is 3.98. The number of fused-ring (bicyclic) bond motifs is 1. The summed E-state index contributed by atoms with van der Waals surface area (Å²) in [6.45, 7) is 6.31. The highest BCUT2D eigenvalue weighted by atomic mass is 35.5. The minimum atomic E-state index is 0. The van der Waals surface area contributed by atoms with E-state index in [4.69, 9.17) is 4.98 Å². The van der Waals surface area contributed by atoms with Gasteiger partial charge in [0, 0.05) is 24.5 Å². The van der Waals surface area contributed by atoms with Crippen molar-refractivity contribution in [2.24, 2.45) is 0 Å². The van der Waals surface area contributed by atoms with E-state index in [1.165, 1.54) is 0 Å². The first kappa shape index (κ1) is 21.3. The van der Waals surface area contributed by atoms with Gasteiger partial charge in [0.2, 0.25) is 0 Å². The van der Waals surface area contributed by atoms with Gasteiger partial charge in [0.25, 0.3) is 5.56 Å². The maximum atomic E-state index is 13.3. The van der Waals surface area contributed by atoms with E-state index >= 15 is 0 Å². The molecule has 0 amide bonds. The second-order valence-corrected chi connectivity index (χ2v) is 7.63. The molecule has 3 aromatic rings. The van der Waals surface area contributed by atoms with Gasteiger partial charge in [-0.15, -0.1) is 12.4 Å². The van der Waals surface area contributed by atoms with Crippen LogP contribution in [0.4, 0.5) is 5.69 Å². The van der Waals surface area contributed by atoms with Crippen LogP contribution in [0.3, 0.4) is 0 Å². The van der Waals surface area contributed by atoms with Crippen molar-refractivity contribution in [2.45, 2.75) is 45.6 Å². The molecule has 1 aliphatic heterocycles. The van der Waals surface area contributed by atoms with Crippen LogP contribution in [-0.2, 0) is 6.42 Å². The Balaban J connectivity index is 0.00000240. The number of aromatic nitrogens is 2. The molecule has 5 nitrogen and oxygen atoms in total. The standard InChI is InChI=1S/C23H28N4O.ClH/c1-3-4-7-20-22(23(28)27-13-6-5-8-21(27)26-20)19-10-9-17(14-16(19)2)25-18-11-12-24-15-18;/h5-6,8-10,13-14,18,24-25H,3-4,7,11-12,15H2,1-2H3;1H. The Morgan fingerprint density at radius 1 is 1.28 bits per heavy atom. The lowest BCUT2D eigenvalue weighted by molar-refractivity contribution is 0.774. The van der Waals surface area contributed by atoms with Crippen molar-refractivity contribution < 1.29 is 0 Å².